The minimum Gasteiger partial charge on any atom is -0.465 e. The van der Waals surface area contributed by atoms with Crippen molar-refractivity contribution in [1.29, 1.82) is 5.26 Å². The van der Waals surface area contributed by atoms with Gasteiger partial charge in [-0.05, 0) is 25.1 Å². The summed E-state index contributed by atoms with van der Waals surface area (Å²) in [5.41, 5.74) is 0.571. The molecule has 0 saturated heterocycles. The molecule has 0 aliphatic heterocycles. The van der Waals surface area contributed by atoms with Crippen molar-refractivity contribution in [2.24, 2.45) is 0 Å². The summed E-state index contributed by atoms with van der Waals surface area (Å²) in [7, 11) is 0. The highest BCUT2D eigenvalue weighted by Crippen LogP contribution is 2.15. The Morgan fingerprint density at radius 3 is 3.00 bits per heavy atom. The van der Waals surface area contributed by atoms with Crippen molar-refractivity contribution < 1.29 is 13.9 Å². The number of nitriles is 1. The van der Waals surface area contributed by atoms with Crippen LogP contribution in [0.15, 0.2) is 18.2 Å². The molecule has 0 radical (unpaired) electrons. The first-order chi connectivity index (χ1) is 7.67. The highest BCUT2D eigenvalue weighted by atomic mass is 19.1. The number of hydrogen-bond donors (Lipinski definition) is 1. The van der Waals surface area contributed by atoms with Crippen molar-refractivity contribution >= 4 is 11.7 Å². The molecule has 0 aliphatic rings. The third-order valence-electron chi connectivity index (χ3n) is 1.83. The van der Waals surface area contributed by atoms with Gasteiger partial charge < -0.3 is 10.1 Å². The number of ether oxygens (including phenoxy) is 1. The van der Waals surface area contributed by atoms with Gasteiger partial charge in [-0.3, -0.25) is 4.79 Å². The molecule has 0 fully saturated rings. The van der Waals surface area contributed by atoms with Gasteiger partial charge in [0.25, 0.3) is 0 Å². The molecule has 4 nitrogen and oxygen atoms in total. The number of rotatable bonds is 4. The summed E-state index contributed by atoms with van der Waals surface area (Å²) < 4.78 is 17.6. The number of carbonyl (C=O) groups excluding carboxylic acids is 1. The second-order valence-corrected chi connectivity index (χ2v) is 2.96. The van der Waals surface area contributed by atoms with Gasteiger partial charge in [0, 0.05) is 0 Å². The van der Waals surface area contributed by atoms with E-state index >= 15 is 0 Å². The van der Waals surface area contributed by atoms with Crippen LogP contribution in [0.3, 0.4) is 0 Å². The Morgan fingerprint density at radius 1 is 1.62 bits per heavy atom. The van der Waals surface area contributed by atoms with E-state index in [9.17, 15) is 9.18 Å². The SMILES string of the molecule is CCOC(=O)CNc1cc(F)ccc1C#N. The fraction of sp³-hybridized carbons (Fsp3) is 0.273. The van der Waals surface area contributed by atoms with Crippen LogP contribution in [0.4, 0.5) is 10.1 Å². The van der Waals surface area contributed by atoms with Gasteiger partial charge in [0.2, 0.25) is 0 Å². The molecule has 0 amide bonds. The lowest BCUT2D eigenvalue weighted by Crippen LogP contribution is -2.17. The van der Waals surface area contributed by atoms with Crippen LogP contribution in [-0.4, -0.2) is 19.1 Å². The molecule has 0 unspecified atom stereocenters. The molecule has 16 heavy (non-hydrogen) atoms. The number of hydrogen-bond acceptors (Lipinski definition) is 4. The van der Waals surface area contributed by atoms with Gasteiger partial charge >= 0.3 is 5.97 Å². The highest BCUT2D eigenvalue weighted by Gasteiger charge is 2.06. The first-order valence-corrected chi connectivity index (χ1v) is 4.76. The molecule has 0 spiro atoms. The lowest BCUT2D eigenvalue weighted by atomic mass is 10.2. The summed E-state index contributed by atoms with van der Waals surface area (Å²) in [6.07, 6.45) is 0. The Balaban J connectivity index is 2.70. The van der Waals surface area contributed by atoms with Gasteiger partial charge in [-0.1, -0.05) is 0 Å². The van der Waals surface area contributed by atoms with Crippen LogP contribution in [0.2, 0.25) is 0 Å². The number of anilines is 1. The molecule has 0 heterocycles. The summed E-state index contributed by atoms with van der Waals surface area (Å²) in [5.74, 6) is -0.916. The largest absolute Gasteiger partial charge is 0.465 e. The molecule has 1 rings (SSSR count). The molecule has 0 atom stereocenters. The van der Waals surface area contributed by atoms with Crippen LogP contribution in [0, 0.1) is 17.1 Å². The van der Waals surface area contributed by atoms with Gasteiger partial charge in [0.15, 0.2) is 0 Å². The monoisotopic (exact) mass is 222 g/mol. The topological polar surface area (TPSA) is 62.1 Å². The standard InChI is InChI=1S/C11H11FN2O2/c1-2-16-11(15)7-14-10-5-9(12)4-3-8(10)6-13/h3-5,14H,2,7H2,1H3. The van der Waals surface area contributed by atoms with E-state index < -0.39 is 11.8 Å². The lowest BCUT2D eigenvalue weighted by molar-refractivity contribution is -0.140. The van der Waals surface area contributed by atoms with Gasteiger partial charge in [-0.25, -0.2) is 4.39 Å². The number of benzene rings is 1. The maximum atomic E-state index is 12.9. The van der Waals surface area contributed by atoms with E-state index in [1.807, 2.05) is 6.07 Å². The van der Waals surface area contributed by atoms with Gasteiger partial charge in [0.05, 0.1) is 17.9 Å². The van der Waals surface area contributed by atoms with Gasteiger partial charge in [-0.15, -0.1) is 0 Å². The van der Waals surface area contributed by atoms with E-state index in [0.29, 0.717) is 0 Å². The molecule has 84 valence electrons. The van der Waals surface area contributed by atoms with E-state index in [1.165, 1.54) is 12.1 Å². The van der Waals surface area contributed by atoms with Crippen LogP contribution in [0.1, 0.15) is 12.5 Å². The van der Waals surface area contributed by atoms with E-state index in [0.717, 1.165) is 6.07 Å². The quantitative estimate of drug-likeness (QED) is 0.787. The zero-order chi connectivity index (χ0) is 12.0. The summed E-state index contributed by atoms with van der Waals surface area (Å²) in [4.78, 5) is 11.0. The van der Waals surface area contributed by atoms with E-state index in [-0.39, 0.29) is 24.4 Å². The van der Waals surface area contributed by atoms with Crippen LogP contribution >= 0.6 is 0 Å². The predicted octanol–water partition coefficient (Wildman–Crippen LogP) is 1.67. The Hall–Kier alpha value is -2.09. The molecule has 0 aliphatic carbocycles. The fourth-order valence-electron chi connectivity index (χ4n) is 1.14. The highest BCUT2D eigenvalue weighted by molar-refractivity contribution is 5.75. The molecule has 1 aromatic rings. The second kappa shape index (κ2) is 5.71. The van der Waals surface area contributed by atoms with Crippen molar-refractivity contribution in [3.05, 3.63) is 29.6 Å². The third kappa shape index (κ3) is 3.24. The number of esters is 1. The molecule has 5 heteroatoms. The third-order valence-corrected chi connectivity index (χ3v) is 1.83. The summed E-state index contributed by atoms with van der Waals surface area (Å²) in [6.45, 7) is 1.89. The Labute approximate surface area is 92.6 Å². The normalized spacial score (nSPS) is 9.31. The fourth-order valence-corrected chi connectivity index (χ4v) is 1.14. The minimum absolute atomic E-state index is 0.0913. The van der Waals surface area contributed by atoms with Gasteiger partial charge in [0.1, 0.15) is 18.4 Å². The van der Waals surface area contributed by atoms with Crippen molar-refractivity contribution in [2.75, 3.05) is 18.5 Å². The average molecular weight is 222 g/mol. The van der Waals surface area contributed by atoms with Crippen LogP contribution in [0.25, 0.3) is 0 Å². The minimum atomic E-state index is -0.467. The zero-order valence-electron chi connectivity index (χ0n) is 8.79. The number of nitrogens with one attached hydrogen (secondary N) is 1. The molecule has 0 bridgehead atoms. The average Bonchev–Trinajstić information content (AvgIpc) is 2.27. The van der Waals surface area contributed by atoms with E-state index in [1.54, 1.807) is 6.92 Å². The van der Waals surface area contributed by atoms with Crippen LogP contribution in [-0.2, 0) is 9.53 Å². The zero-order valence-corrected chi connectivity index (χ0v) is 8.79. The first kappa shape index (κ1) is 12.0. The van der Waals surface area contributed by atoms with Crippen LogP contribution in [0.5, 0.6) is 0 Å². The summed E-state index contributed by atoms with van der Waals surface area (Å²) in [6, 6.07) is 5.60. The molecular weight excluding hydrogens is 211 g/mol. The first-order valence-electron chi connectivity index (χ1n) is 4.76. The van der Waals surface area contributed by atoms with Crippen molar-refractivity contribution in [1.82, 2.24) is 0 Å². The molecule has 1 N–H and O–H groups in total. The maximum Gasteiger partial charge on any atom is 0.325 e. The predicted molar refractivity (Wildman–Crippen MR) is 56.2 cm³/mol. The maximum absolute atomic E-state index is 12.9. The van der Waals surface area contributed by atoms with Crippen molar-refractivity contribution in [3.63, 3.8) is 0 Å². The number of halogens is 1. The Bertz CT molecular complexity index is 426. The lowest BCUT2D eigenvalue weighted by Gasteiger charge is -2.07. The second-order valence-electron chi connectivity index (χ2n) is 2.96. The molecule has 0 aromatic heterocycles. The Kier molecular flexibility index (Phi) is 4.28. The Morgan fingerprint density at radius 2 is 2.38 bits per heavy atom. The van der Waals surface area contributed by atoms with Gasteiger partial charge in [-0.2, -0.15) is 5.26 Å². The van der Waals surface area contributed by atoms with Crippen molar-refractivity contribution in [3.8, 4) is 6.07 Å². The molecule has 0 saturated carbocycles. The molecular formula is C11H11FN2O2. The number of nitrogens with zero attached hydrogens (tertiary/aromatic N) is 1. The summed E-state index contributed by atoms with van der Waals surface area (Å²) in [5, 5.41) is 11.4. The van der Waals surface area contributed by atoms with Crippen molar-refractivity contribution in [2.45, 2.75) is 6.92 Å². The number of carbonyl (C=O) groups is 1. The van der Waals surface area contributed by atoms with Crippen LogP contribution < -0.4 is 5.32 Å². The van der Waals surface area contributed by atoms with E-state index in [4.69, 9.17) is 5.26 Å². The molecule has 1 aromatic carbocycles. The summed E-state index contributed by atoms with van der Waals surface area (Å²) >= 11 is 0. The van der Waals surface area contributed by atoms with E-state index in [2.05, 4.69) is 10.1 Å². The smallest absolute Gasteiger partial charge is 0.325 e.